The Labute approximate surface area is 173 Å². The number of carbonyl (C=O) groups excluding carboxylic acids is 2. The summed E-state index contributed by atoms with van der Waals surface area (Å²) in [5.74, 6) is -4.23. The maximum Gasteiger partial charge on any atom is 0.321 e. The molecule has 156 valence electrons. The molecule has 2 aliphatic heterocycles. The lowest BCUT2D eigenvalue weighted by Crippen LogP contribution is -2.43. The highest BCUT2D eigenvalue weighted by atomic mass is 16.5. The van der Waals surface area contributed by atoms with Gasteiger partial charge < -0.3 is 14.9 Å². The number of aryl methyl sites for hydroxylation is 1. The normalized spacial score (nSPS) is 25.5. The second-order valence-corrected chi connectivity index (χ2v) is 7.49. The number of carboxylic acids is 1. The fourth-order valence-electron chi connectivity index (χ4n) is 4.33. The topological polar surface area (TPSA) is 116 Å². The number of imide groups is 1. The van der Waals surface area contributed by atoms with E-state index < -0.39 is 41.7 Å². The van der Waals surface area contributed by atoms with Crippen LogP contribution < -0.4 is 15.0 Å². The van der Waals surface area contributed by atoms with Crippen LogP contribution in [-0.2, 0) is 14.4 Å². The van der Waals surface area contributed by atoms with Crippen LogP contribution >= 0.6 is 0 Å². The number of phenolic OH excluding ortho intramolecular Hbond substituents is 1. The lowest BCUT2D eigenvalue weighted by atomic mass is 9.86. The summed E-state index contributed by atoms with van der Waals surface area (Å²) in [4.78, 5) is 39.4. The lowest BCUT2D eigenvalue weighted by molar-refractivity contribution is -0.142. The molecule has 0 spiro atoms. The van der Waals surface area contributed by atoms with Gasteiger partial charge in [0.25, 0.3) is 0 Å². The summed E-state index contributed by atoms with van der Waals surface area (Å²) in [7, 11) is 0. The summed E-state index contributed by atoms with van der Waals surface area (Å²) in [6.07, 6.45) is 0. The largest absolute Gasteiger partial charge is 0.504 e. The summed E-state index contributed by atoms with van der Waals surface area (Å²) in [6, 6.07) is 9.65. The van der Waals surface area contributed by atoms with E-state index in [1.165, 1.54) is 0 Å². The molecule has 0 radical (unpaired) electrons. The van der Waals surface area contributed by atoms with Gasteiger partial charge in [-0.25, -0.2) is 4.90 Å². The number of carboxylic acid groups (broad SMARTS) is 1. The molecule has 30 heavy (non-hydrogen) atoms. The fraction of sp³-hybridized carbons (Fsp3) is 0.318. The number of aromatic hydroxyl groups is 1. The summed E-state index contributed by atoms with van der Waals surface area (Å²) in [6.45, 7) is 3.99. The van der Waals surface area contributed by atoms with Crippen LogP contribution in [0.4, 0.5) is 5.69 Å². The molecule has 8 nitrogen and oxygen atoms in total. The minimum atomic E-state index is -1.25. The number of anilines is 1. The third kappa shape index (κ3) is 3.00. The molecule has 2 aliphatic rings. The summed E-state index contributed by atoms with van der Waals surface area (Å²) in [5, 5.41) is 23.2. The Morgan fingerprint density at radius 1 is 1.10 bits per heavy atom. The summed E-state index contributed by atoms with van der Waals surface area (Å²) in [5.41, 5.74) is 1.70. The van der Waals surface area contributed by atoms with Gasteiger partial charge in [-0.1, -0.05) is 29.8 Å². The zero-order valence-electron chi connectivity index (χ0n) is 16.5. The highest BCUT2D eigenvalue weighted by Gasteiger charge is 2.61. The molecule has 0 aromatic heterocycles. The second kappa shape index (κ2) is 7.46. The van der Waals surface area contributed by atoms with E-state index in [-0.39, 0.29) is 11.5 Å². The van der Waals surface area contributed by atoms with Gasteiger partial charge in [-0.15, -0.1) is 0 Å². The number of nitrogens with one attached hydrogen (secondary N) is 1. The Morgan fingerprint density at radius 2 is 1.77 bits per heavy atom. The molecule has 2 saturated heterocycles. The summed E-state index contributed by atoms with van der Waals surface area (Å²) >= 11 is 0. The molecule has 2 heterocycles. The molecule has 2 fully saturated rings. The number of carbonyl (C=O) groups is 3. The predicted octanol–water partition coefficient (Wildman–Crippen LogP) is 2.00. The van der Waals surface area contributed by atoms with Gasteiger partial charge in [0, 0.05) is 11.6 Å². The van der Waals surface area contributed by atoms with Crippen LogP contribution in [0, 0.1) is 18.8 Å². The van der Waals surface area contributed by atoms with Gasteiger partial charge in [0.2, 0.25) is 11.8 Å². The molecular formula is C22H22N2O6. The van der Waals surface area contributed by atoms with Crippen molar-refractivity contribution in [3.05, 3.63) is 53.6 Å². The van der Waals surface area contributed by atoms with Crippen LogP contribution in [0.5, 0.6) is 11.5 Å². The minimum absolute atomic E-state index is 0.171. The zero-order valence-corrected chi connectivity index (χ0v) is 16.5. The maximum atomic E-state index is 13.3. The van der Waals surface area contributed by atoms with Gasteiger partial charge in [0.1, 0.15) is 6.04 Å². The van der Waals surface area contributed by atoms with Crippen molar-refractivity contribution in [2.75, 3.05) is 11.5 Å². The van der Waals surface area contributed by atoms with Crippen LogP contribution in [0.2, 0.25) is 0 Å². The van der Waals surface area contributed by atoms with E-state index in [2.05, 4.69) is 5.32 Å². The molecule has 2 aromatic rings. The van der Waals surface area contributed by atoms with Crippen molar-refractivity contribution >= 4 is 23.5 Å². The quantitative estimate of drug-likeness (QED) is 0.646. The monoisotopic (exact) mass is 410 g/mol. The smallest absolute Gasteiger partial charge is 0.321 e. The lowest BCUT2D eigenvalue weighted by Gasteiger charge is -2.22. The van der Waals surface area contributed by atoms with Gasteiger partial charge in [-0.05, 0) is 32.0 Å². The van der Waals surface area contributed by atoms with Crippen LogP contribution in [0.1, 0.15) is 24.1 Å². The molecule has 4 atom stereocenters. The van der Waals surface area contributed by atoms with Crippen molar-refractivity contribution in [1.82, 2.24) is 5.32 Å². The minimum Gasteiger partial charge on any atom is -0.504 e. The number of amides is 2. The van der Waals surface area contributed by atoms with Crippen molar-refractivity contribution in [3.8, 4) is 11.5 Å². The van der Waals surface area contributed by atoms with E-state index in [1.807, 2.05) is 6.92 Å². The Bertz CT molecular complexity index is 1020. The highest BCUT2D eigenvalue weighted by Crippen LogP contribution is 2.48. The van der Waals surface area contributed by atoms with Crippen molar-refractivity contribution in [3.63, 3.8) is 0 Å². The van der Waals surface area contributed by atoms with Crippen LogP contribution in [-0.4, -0.2) is 40.6 Å². The molecule has 0 unspecified atom stereocenters. The van der Waals surface area contributed by atoms with Crippen molar-refractivity contribution in [2.24, 2.45) is 11.8 Å². The number of para-hydroxylation sites is 1. The van der Waals surface area contributed by atoms with Gasteiger partial charge in [-0.2, -0.15) is 0 Å². The van der Waals surface area contributed by atoms with Crippen LogP contribution in [0.25, 0.3) is 0 Å². The number of benzene rings is 2. The number of rotatable bonds is 5. The molecule has 8 heteroatoms. The van der Waals surface area contributed by atoms with Crippen molar-refractivity contribution in [2.45, 2.75) is 25.9 Å². The number of phenols is 1. The highest BCUT2D eigenvalue weighted by molar-refractivity contribution is 6.23. The molecular weight excluding hydrogens is 388 g/mol. The number of fused-ring (bicyclic) bond motifs is 1. The molecule has 2 amide bonds. The molecule has 0 aliphatic carbocycles. The first kappa shape index (κ1) is 19.9. The number of ether oxygens (including phenoxy) is 1. The van der Waals surface area contributed by atoms with E-state index in [0.29, 0.717) is 17.9 Å². The van der Waals surface area contributed by atoms with E-state index >= 15 is 0 Å². The standard InChI is InChI=1S/C22H22N2O6/c1-3-30-14-6-4-5-13(19(14)25)17-15-16(18(23-17)22(28)29)21(27)24(20(15)26)12-9-7-11(2)8-10-12/h4-10,15-18,23,25H,3H2,1-2H3,(H,28,29)/t15-,16+,17-,18-/m0/s1. The molecule has 3 N–H and O–H groups in total. The van der Waals surface area contributed by atoms with Crippen LogP contribution in [0.3, 0.4) is 0 Å². The van der Waals surface area contributed by atoms with Crippen molar-refractivity contribution < 1.29 is 29.3 Å². The number of aliphatic carboxylic acids is 1. The second-order valence-electron chi connectivity index (χ2n) is 7.49. The first-order chi connectivity index (χ1) is 14.3. The predicted molar refractivity (Wildman–Crippen MR) is 107 cm³/mol. The Hall–Kier alpha value is -3.39. The average molecular weight is 410 g/mol. The van der Waals surface area contributed by atoms with Gasteiger partial charge in [0.05, 0.1) is 24.1 Å². The van der Waals surface area contributed by atoms with E-state index in [4.69, 9.17) is 4.74 Å². The third-order valence-electron chi connectivity index (χ3n) is 5.70. The van der Waals surface area contributed by atoms with Gasteiger partial charge in [-0.3, -0.25) is 19.7 Å². The molecule has 2 aromatic carbocycles. The number of nitrogens with zero attached hydrogens (tertiary/aromatic N) is 1. The Morgan fingerprint density at radius 3 is 2.40 bits per heavy atom. The van der Waals surface area contributed by atoms with Gasteiger partial charge >= 0.3 is 5.97 Å². The summed E-state index contributed by atoms with van der Waals surface area (Å²) < 4.78 is 5.42. The first-order valence-corrected chi connectivity index (χ1v) is 9.73. The molecule has 0 bridgehead atoms. The van der Waals surface area contributed by atoms with Crippen molar-refractivity contribution in [1.29, 1.82) is 0 Å². The molecule has 4 rings (SSSR count). The Kier molecular flexibility index (Phi) is 4.95. The maximum absolute atomic E-state index is 13.3. The zero-order chi connectivity index (χ0) is 21.6. The first-order valence-electron chi connectivity index (χ1n) is 9.73. The number of hydrogen-bond acceptors (Lipinski definition) is 6. The van der Waals surface area contributed by atoms with E-state index in [1.54, 1.807) is 49.4 Å². The average Bonchev–Trinajstić information content (AvgIpc) is 3.22. The van der Waals surface area contributed by atoms with E-state index in [9.17, 15) is 24.6 Å². The Balaban J connectivity index is 1.78. The molecule has 0 saturated carbocycles. The fourth-order valence-corrected chi connectivity index (χ4v) is 4.33. The number of hydrogen-bond donors (Lipinski definition) is 3. The SMILES string of the molecule is CCOc1cccc([C@@H]2N[C@H](C(=O)O)[C@@H]3C(=O)N(c4ccc(C)cc4)C(=O)[C@@H]32)c1O. The van der Waals surface area contributed by atoms with Gasteiger partial charge in [0.15, 0.2) is 11.5 Å². The van der Waals surface area contributed by atoms with Crippen LogP contribution in [0.15, 0.2) is 42.5 Å². The third-order valence-corrected chi connectivity index (χ3v) is 5.70. The van der Waals surface area contributed by atoms with E-state index in [0.717, 1.165) is 10.5 Å².